The molecular weight excluding hydrogens is 190 g/mol. The number of amides is 1. The lowest BCUT2D eigenvalue weighted by molar-refractivity contribution is -0.144. The molecule has 3 rings (SSSR count). The van der Waals surface area contributed by atoms with Crippen molar-refractivity contribution in [3.05, 3.63) is 0 Å². The molecule has 2 aliphatic heterocycles. The fourth-order valence-corrected chi connectivity index (χ4v) is 3.24. The van der Waals surface area contributed by atoms with Gasteiger partial charge < -0.3 is 9.64 Å². The maximum Gasteiger partial charge on any atom is 0.228 e. The van der Waals surface area contributed by atoms with E-state index in [1.54, 1.807) is 0 Å². The Labute approximate surface area is 90.8 Å². The van der Waals surface area contributed by atoms with E-state index in [2.05, 4.69) is 27.7 Å². The molecule has 3 heteroatoms. The molecule has 1 aliphatic carbocycles. The van der Waals surface area contributed by atoms with Crippen molar-refractivity contribution >= 4 is 5.91 Å². The minimum atomic E-state index is -0.278. The zero-order valence-electron chi connectivity index (χ0n) is 9.91. The molecule has 3 nitrogen and oxygen atoms in total. The Hall–Kier alpha value is -0.570. The molecule has 4 atom stereocenters. The third kappa shape index (κ3) is 1.02. The van der Waals surface area contributed by atoms with Crippen molar-refractivity contribution in [3.63, 3.8) is 0 Å². The van der Waals surface area contributed by atoms with E-state index in [0.717, 1.165) is 6.42 Å². The van der Waals surface area contributed by atoms with E-state index in [1.165, 1.54) is 0 Å². The summed E-state index contributed by atoms with van der Waals surface area (Å²) in [4.78, 5) is 14.2. The molecule has 0 bridgehead atoms. The quantitative estimate of drug-likeness (QED) is 0.607. The van der Waals surface area contributed by atoms with Crippen molar-refractivity contribution in [2.24, 2.45) is 17.3 Å². The molecule has 0 aromatic heterocycles. The number of carbonyl (C=O) groups excluding carboxylic acids is 1. The van der Waals surface area contributed by atoms with Crippen LogP contribution in [0.1, 0.15) is 34.1 Å². The standard InChI is InChI=1S/C12H19NO2/c1-11(2,3)9-6-15-12(4)8-5-7(8)10(14)13(9)12/h7-9H,5-6H2,1-4H3. The van der Waals surface area contributed by atoms with Gasteiger partial charge in [0.2, 0.25) is 5.91 Å². The average molecular weight is 209 g/mol. The first kappa shape index (κ1) is 9.64. The molecule has 3 fully saturated rings. The summed E-state index contributed by atoms with van der Waals surface area (Å²) >= 11 is 0. The minimum Gasteiger partial charge on any atom is -0.353 e. The zero-order chi connectivity index (χ0) is 11.0. The molecule has 1 saturated carbocycles. The minimum absolute atomic E-state index is 0.115. The number of piperidine rings is 1. The van der Waals surface area contributed by atoms with Crippen LogP contribution >= 0.6 is 0 Å². The van der Waals surface area contributed by atoms with Gasteiger partial charge in [-0.1, -0.05) is 20.8 Å². The number of rotatable bonds is 0. The van der Waals surface area contributed by atoms with Crippen LogP contribution in [-0.4, -0.2) is 29.2 Å². The SMILES string of the molecule is CC(C)(C)C1COC2(C)C3CC3C(=O)N12. The van der Waals surface area contributed by atoms with Gasteiger partial charge in [0.05, 0.1) is 12.6 Å². The Balaban J connectivity index is 1.97. The first-order valence-corrected chi connectivity index (χ1v) is 5.83. The van der Waals surface area contributed by atoms with Crippen LogP contribution < -0.4 is 0 Å². The lowest BCUT2D eigenvalue weighted by atomic mass is 9.86. The fourth-order valence-electron chi connectivity index (χ4n) is 3.24. The van der Waals surface area contributed by atoms with E-state index in [-0.39, 0.29) is 23.1 Å². The van der Waals surface area contributed by atoms with Crippen molar-refractivity contribution < 1.29 is 9.53 Å². The van der Waals surface area contributed by atoms with E-state index in [1.807, 2.05) is 4.90 Å². The molecule has 84 valence electrons. The van der Waals surface area contributed by atoms with Gasteiger partial charge in [0.15, 0.2) is 0 Å². The van der Waals surface area contributed by atoms with E-state index >= 15 is 0 Å². The predicted molar refractivity (Wildman–Crippen MR) is 56.0 cm³/mol. The van der Waals surface area contributed by atoms with Crippen molar-refractivity contribution in [3.8, 4) is 0 Å². The highest BCUT2D eigenvalue weighted by atomic mass is 16.5. The topological polar surface area (TPSA) is 29.5 Å². The average Bonchev–Trinajstić information content (AvgIpc) is 2.76. The summed E-state index contributed by atoms with van der Waals surface area (Å²) in [5.74, 6) is 1.08. The van der Waals surface area contributed by atoms with Crippen LogP contribution in [0.2, 0.25) is 0 Å². The number of nitrogens with zero attached hydrogens (tertiary/aromatic N) is 1. The summed E-state index contributed by atoms with van der Waals surface area (Å²) in [6.07, 6.45) is 1.04. The maximum absolute atomic E-state index is 12.1. The molecular formula is C12H19NO2. The maximum atomic E-state index is 12.1. The van der Waals surface area contributed by atoms with Crippen LogP contribution in [0, 0.1) is 17.3 Å². The fraction of sp³-hybridized carbons (Fsp3) is 0.917. The van der Waals surface area contributed by atoms with E-state index in [4.69, 9.17) is 4.74 Å². The van der Waals surface area contributed by atoms with Crippen LogP contribution in [-0.2, 0) is 9.53 Å². The van der Waals surface area contributed by atoms with Gasteiger partial charge in [0.25, 0.3) is 0 Å². The molecule has 2 heterocycles. The predicted octanol–water partition coefficient (Wildman–Crippen LogP) is 1.63. The molecule has 0 aromatic rings. The number of hydrogen-bond donors (Lipinski definition) is 0. The normalized spacial score (nSPS) is 48.1. The Morgan fingerprint density at radius 2 is 2.13 bits per heavy atom. The molecule has 0 radical (unpaired) electrons. The Kier molecular flexibility index (Phi) is 1.54. The summed E-state index contributed by atoms with van der Waals surface area (Å²) < 4.78 is 5.93. The summed E-state index contributed by atoms with van der Waals surface area (Å²) in [7, 11) is 0. The highest BCUT2D eigenvalue weighted by molar-refractivity contribution is 5.86. The smallest absolute Gasteiger partial charge is 0.228 e. The third-order valence-corrected chi connectivity index (χ3v) is 4.36. The van der Waals surface area contributed by atoms with E-state index in [0.29, 0.717) is 18.4 Å². The second-order valence-electron chi connectivity index (χ2n) is 6.40. The van der Waals surface area contributed by atoms with Crippen molar-refractivity contribution in [1.82, 2.24) is 4.90 Å². The van der Waals surface area contributed by atoms with Crippen molar-refractivity contribution in [1.29, 1.82) is 0 Å². The molecule has 0 N–H and O–H groups in total. The molecule has 0 aromatic carbocycles. The van der Waals surface area contributed by atoms with Crippen molar-refractivity contribution in [2.45, 2.75) is 45.9 Å². The zero-order valence-corrected chi connectivity index (χ0v) is 9.91. The van der Waals surface area contributed by atoms with E-state index in [9.17, 15) is 4.79 Å². The molecule has 4 unspecified atom stereocenters. The van der Waals surface area contributed by atoms with Gasteiger partial charge in [0, 0.05) is 11.8 Å². The molecule has 2 saturated heterocycles. The molecule has 3 aliphatic rings. The molecule has 0 spiro atoms. The third-order valence-electron chi connectivity index (χ3n) is 4.36. The van der Waals surface area contributed by atoms with Gasteiger partial charge in [-0.25, -0.2) is 0 Å². The van der Waals surface area contributed by atoms with Gasteiger partial charge >= 0.3 is 0 Å². The van der Waals surface area contributed by atoms with Gasteiger partial charge in [-0.05, 0) is 18.8 Å². The van der Waals surface area contributed by atoms with E-state index < -0.39 is 0 Å². The number of carbonyl (C=O) groups is 1. The van der Waals surface area contributed by atoms with Gasteiger partial charge in [-0.3, -0.25) is 4.79 Å². The van der Waals surface area contributed by atoms with Gasteiger partial charge in [-0.2, -0.15) is 0 Å². The first-order chi connectivity index (χ1) is 6.86. The number of hydrogen-bond acceptors (Lipinski definition) is 2. The summed E-state index contributed by atoms with van der Waals surface area (Å²) in [5.41, 5.74) is -0.163. The lowest BCUT2D eigenvalue weighted by Crippen LogP contribution is -2.50. The van der Waals surface area contributed by atoms with Crippen molar-refractivity contribution in [2.75, 3.05) is 6.61 Å². The van der Waals surface area contributed by atoms with Crippen LogP contribution in [0.15, 0.2) is 0 Å². The second kappa shape index (κ2) is 2.40. The van der Waals surface area contributed by atoms with Crippen LogP contribution in [0.25, 0.3) is 0 Å². The number of fused-ring (bicyclic) bond motifs is 3. The second-order valence-corrected chi connectivity index (χ2v) is 6.40. The molecule has 15 heavy (non-hydrogen) atoms. The summed E-state index contributed by atoms with van der Waals surface area (Å²) in [5, 5.41) is 0. The van der Waals surface area contributed by atoms with Gasteiger partial charge in [0.1, 0.15) is 5.72 Å². The van der Waals surface area contributed by atoms with Crippen LogP contribution in [0.4, 0.5) is 0 Å². The highest BCUT2D eigenvalue weighted by Crippen LogP contribution is 2.60. The lowest BCUT2D eigenvalue weighted by Gasteiger charge is -2.38. The van der Waals surface area contributed by atoms with Crippen LogP contribution in [0.5, 0.6) is 0 Å². The van der Waals surface area contributed by atoms with Crippen LogP contribution in [0.3, 0.4) is 0 Å². The summed E-state index contributed by atoms with van der Waals surface area (Å²) in [6, 6.07) is 0.253. The Morgan fingerprint density at radius 3 is 2.73 bits per heavy atom. The number of ether oxygens (including phenoxy) is 1. The summed E-state index contributed by atoms with van der Waals surface area (Å²) in [6.45, 7) is 9.35. The monoisotopic (exact) mass is 209 g/mol. The van der Waals surface area contributed by atoms with Gasteiger partial charge in [-0.15, -0.1) is 0 Å². The highest BCUT2D eigenvalue weighted by Gasteiger charge is 2.70. The largest absolute Gasteiger partial charge is 0.353 e. The first-order valence-electron chi connectivity index (χ1n) is 5.83. The Morgan fingerprint density at radius 1 is 1.47 bits per heavy atom. The Bertz CT molecular complexity index is 333. The molecule has 1 amide bonds.